The van der Waals surface area contributed by atoms with E-state index in [1.807, 2.05) is 42.5 Å². The second kappa shape index (κ2) is 21.6. The number of methoxy groups -OCH3 is 1. The number of piperidine rings is 1. The van der Waals surface area contributed by atoms with Gasteiger partial charge in [0.2, 0.25) is 11.2 Å². The van der Waals surface area contributed by atoms with Crippen LogP contribution in [0.2, 0.25) is 0 Å². The zero-order valence-electron chi connectivity index (χ0n) is 37.9. The van der Waals surface area contributed by atoms with Gasteiger partial charge in [0.1, 0.15) is 23.9 Å². The average molecular weight is 917 g/mol. The van der Waals surface area contributed by atoms with Gasteiger partial charge in [-0.1, -0.05) is 103 Å². The lowest BCUT2D eigenvalue weighted by Crippen LogP contribution is -2.38. The highest BCUT2D eigenvalue weighted by Crippen LogP contribution is 2.37. The minimum Gasteiger partial charge on any atom is -0.506 e. The lowest BCUT2D eigenvalue weighted by molar-refractivity contribution is -0.155. The number of hydrogen-bond acceptors (Lipinski definition) is 10. The number of carbonyl (C=O) groups excluding carboxylic acids is 1. The molecular formula is C55H56N4O9. The van der Waals surface area contributed by atoms with Gasteiger partial charge in [-0.05, 0) is 102 Å². The summed E-state index contributed by atoms with van der Waals surface area (Å²) in [4.78, 5) is 43.1. The normalized spacial score (nSPS) is 14.5. The Morgan fingerprint density at radius 2 is 1.56 bits per heavy atom. The van der Waals surface area contributed by atoms with Crippen molar-refractivity contribution in [3.8, 4) is 17.2 Å². The molecule has 68 heavy (non-hydrogen) atoms. The number of ether oxygens (including phenoxy) is 2. The van der Waals surface area contributed by atoms with E-state index in [1.165, 1.54) is 24.8 Å². The molecule has 1 amide bonds. The number of carboxylic acids is 1. The molecule has 1 aliphatic rings. The van der Waals surface area contributed by atoms with Crippen molar-refractivity contribution in [2.75, 3.05) is 26.7 Å². The summed E-state index contributed by atoms with van der Waals surface area (Å²) in [6.45, 7) is 3.81. The molecule has 2 atom stereocenters. The number of rotatable bonds is 19. The number of carboxylic acid groups (broad SMARTS) is 1. The number of aromatic hydroxyl groups is 1. The molecule has 13 heteroatoms. The number of H-pyrrole nitrogens is 1. The van der Waals surface area contributed by atoms with Gasteiger partial charge in [-0.3, -0.25) is 14.5 Å². The molecule has 0 radical (unpaired) electrons. The Kier molecular flexibility index (Phi) is 15.0. The zero-order chi connectivity index (χ0) is 47.6. The van der Waals surface area contributed by atoms with Crippen molar-refractivity contribution >= 4 is 22.8 Å². The summed E-state index contributed by atoms with van der Waals surface area (Å²) < 4.78 is 11.7. The van der Waals surface area contributed by atoms with E-state index in [1.54, 1.807) is 66.7 Å². The number of amides is 1. The van der Waals surface area contributed by atoms with Crippen LogP contribution in [0.4, 0.5) is 0 Å². The first-order chi connectivity index (χ1) is 33.0. The second-order valence-corrected chi connectivity index (χ2v) is 17.4. The van der Waals surface area contributed by atoms with Gasteiger partial charge in [0.15, 0.2) is 0 Å². The number of likely N-dealkylation sites (tertiary alicyclic amines) is 1. The molecule has 7 N–H and O–H groups in total. The van der Waals surface area contributed by atoms with Crippen molar-refractivity contribution in [2.45, 2.75) is 57.2 Å². The van der Waals surface area contributed by atoms with Gasteiger partial charge in [0, 0.05) is 59.9 Å². The number of hydrogen-bond donors (Lipinski definition) is 7. The Morgan fingerprint density at radius 1 is 0.809 bits per heavy atom. The van der Waals surface area contributed by atoms with Crippen LogP contribution < -0.4 is 25.7 Å². The van der Waals surface area contributed by atoms with E-state index < -0.39 is 17.7 Å². The van der Waals surface area contributed by atoms with Gasteiger partial charge >= 0.3 is 5.97 Å². The van der Waals surface area contributed by atoms with Crippen LogP contribution in [0.15, 0.2) is 150 Å². The van der Waals surface area contributed by atoms with Crippen molar-refractivity contribution in [3.05, 3.63) is 206 Å². The van der Waals surface area contributed by atoms with Crippen LogP contribution in [-0.2, 0) is 43.1 Å². The monoisotopic (exact) mass is 916 g/mol. The van der Waals surface area contributed by atoms with Crippen molar-refractivity contribution in [1.82, 2.24) is 20.5 Å². The third kappa shape index (κ3) is 11.1. The molecule has 2 heterocycles. The Morgan fingerprint density at radius 3 is 2.32 bits per heavy atom. The van der Waals surface area contributed by atoms with E-state index in [0.717, 1.165) is 54.7 Å². The van der Waals surface area contributed by atoms with E-state index in [4.69, 9.17) is 9.47 Å². The molecular weight excluding hydrogens is 861 g/mol. The fourth-order valence-corrected chi connectivity index (χ4v) is 9.00. The highest BCUT2D eigenvalue weighted by Gasteiger charge is 2.42. The lowest BCUT2D eigenvalue weighted by Gasteiger charge is -2.33. The maximum absolute atomic E-state index is 13.2. The van der Waals surface area contributed by atoms with E-state index in [-0.39, 0.29) is 48.0 Å². The van der Waals surface area contributed by atoms with Crippen LogP contribution in [0.1, 0.15) is 73.8 Å². The van der Waals surface area contributed by atoms with E-state index in [9.17, 15) is 34.8 Å². The maximum atomic E-state index is 13.2. The summed E-state index contributed by atoms with van der Waals surface area (Å²) in [5.41, 5.74) is 3.76. The molecule has 0 bridgehead atoms. The summed E-state index contributed by atoms with van der Waals surface area (Å²) in [5, 5.41) is 50.5. The Balaban J connectivity index is 0.829. The molecule has 6 aromatic carbocycles. The molecule has 1 saturated heterocycles. The van der Waals surface area contributed by atoms with E-state index in [0.29, 0.717) is 52.5 Å². The first-order valence-electron chi connectivity index (χ1n) is 22.8. The van der Waals surface area contributed by atoms with Crippen molar-refractivity contribution < 1.29 is 39.5 Å². The first kappa shape index (κ1) is 47.2. The van der Waals surface area contributed by atoms with Crippen LogP contribution in [0.25, 0.3) is 10.9 Å². The van der Waals surface area contributed by atoms with Gasteiger partial charge in [0.05, 0.1) is 18.7 Å². The predicted molar refractivity (Wildman–Crippen MR) is 260 cm³/mol. The first-order valence-corrected chi connectivity index (χ1v) is 22.8. The summed E-state index contributed by atoms with van der Waals surface area (Å²) in [5.74, 6) is -0.446. The molecule has 8 rings (SSSR count). The van der Waals surface area contributed by atoms with Crippen LogP contribution >= 0.6 is 0 Å². The molecule has 7 aromatic rings. The van der Waals surface area contributed by atoms with E-state index >= 15 is 0 Å². The predicted octanol–water partition coefficient (Wildman–Crippen LogP) is 7.35. The molecule has 0 unspecified atom stereocenters. The number of phenolic OH excluding ortho intramolecular Hbond substituents is 1. The lowest BCUT2D eigenvalue weighted by atomic mass is 9.80. The third-order valence-electron chi connectivity index (χ3n) is 12.8. The van der Waals surface area contributed by atoms with E-state index in [2.05, 4.69) is 44.8 Å². The number of benzene rings is 6. The second-order valence-electron chi connectivity index (χ2n) is 17.4. The number of phenols is 1. The average Bonchev–Trinajstić information content (AvgIpc) is 3.36. The van der Waals surface area contributed by atoms with Gasteiger partial charge in [-0.25, -0.2) is 4.79 Å². The van der Waals surface area contributed by atoms with Crippen LogP contribution in [0, 0.1) is 5.92 Å². The Bertz CT molecular complexity index is 2920. The fourth-order valence-electron chi connectivity index (χ4n) is 9.00. The van der Waals surface area contributed by atoms with Gasteiger partial charge in [-0.2, -0.15) is 0 Å². The molecule has 0 aliphatic carbocycles. The quantitative estimate of drug-likeness (QED) is 0.0429. The third-order valence-corrected chi connectivity index (χ3v) is 12.8. The Labute approximate surface area is 394 Å². The number of aromatic amines is 1. The topological polar surface area (TPSA) is 194 Å². The number of pyridine rings is 1. The smallest absolute Gasteiger partial charge is 0.345 e. The number of nitrogens with one attached hydrogen (secondary N) is 3. The molecule has 1 aliphatic heterocycles. The minimum absolute atomic E-state index is 0.0823. The number of aliphatic hydroxyl groups is 2. The number of aromatic nitrogens is 1. The summed E-state index contributed by atoms with van der Waals surface area (Å²) in [6.07, 6.45) is 1.71. The number of fused-ring (bicyclic) bond motifs is 1. The molecule has 1 aromatic heterocycles. The molecule has 13 nitrogen and oxygen atoms in total. The van der Waals surface area contributed by atoms with Crippen LogP contribution in [-0.4, -0.2) is 68.9 Å². The van der Waals surface area contributed by atoms with Gasteiger partial charge in [-0.15, -0.1) is 0 Å². The highest BCUT2D eigenvalue weighted by molar-refractivity contribution is 5.94. The largest absolute Gasteiger partial charge is 0.506 e. The van der Waals surface area contributed by atoms with Gasteiger partial charge in [0.25, 0.3) is 5.91 Å². The summed E-state index contributed by atoms with van der Waals surface area (Å²) in [6, 6.07) is 43.1. The van der Waals surface area contributed by atoms with Crippen molar-refractivity contribution in [3.63, 3.8) is 0 Å². The number of nitrogens with zero attached hydrogens (tertiary/aromatic N) is 1. The molecule has 0 saturated carbocycles. The molecule has 350 valence electrons. The number of aliphatic carboxylic acids is 1. The number of carbonyl (C=O) groups is 2. The highest BCUT2D eigenvalue weighted by atomic mass is 16.5. The van der Waals surface area contributed by atoms with Gasteiger partial charge < -0.3 is 45.5 Å². The van der Waals surface area contributed by atoms with Crippen LogP contribution in [0.3, 0.4) is 0 Å². The van der Waals surface area contributed by atoms with Crippen LogP contribution in [0.5, 0.6) is 17.2 Å². The molecule has 0 spiro atoms. The van der Waals surface area contributed by atoms with Crippen molar-refractivity contribution in [1.29, 1.82) is 0 Å². The number of aliphatic hydroxyl groups excluding tert-OH is 1. The Hall–Kier alpha value is -7.29. The molecule has 1 fully saturated rings. The SMILES string of the molecule is COc1cc(C(=O)NCc2ccc(COc3cccc([C@@](O)(C(=O)O)c4ccccc4CC4CCN(Cc5ccccc5)CC4)c3)cc2)ccc1CNC[C@H](O)c1ccc(O)c2[nH]c(=O)ccc12. The van der Waals surface area contributed by atoms with Crippen molar-refractivity contribution in [2.24, 2.45) is 5.92 Å². The zero-order valence-corrected chi connectivity index (χ0v) is 37.9. The minimum atomic E-state index is -2.29. The maximum Gasteiger partial charge on any atom is 0.345 e. The summed E-state index contributed by atoms with van der Waals surface area (Å²) in [7, 11) is 1.52. The fraction of sp³-hybridized carbons (Fsp3) is 0.255. The standard InChI is InChI=1S/C55H56N4O9/c1-67-50-29-41(18-19-42(50)32-56-33-49(61)45-20-22-48(60)52-46(45)21-23-51(62)58-52)53(63)57-31-37-14-16-39(17-15-37)35-68-44-12-7-11-43(30-44)55(66,54(64)65)47-13-6-5-10-40(47)28-36-24-26-59(27-25-36)34-38-8-3-2-4-9-38/h2-23,29-30,36,49,56,60-61,66H,24-28,31-35H2,1H3,(H,57,63)(H,58,62)(H,64,65)/t49-,55-/m0/s1. The summed E-state index contributed by atoms with van der Waals surface area (Å²) >= 11 is 0.